The molecule has 1 aliphatic rings. The Bertz CT molecular complexity index is 703. The van der Waals surface area contributed by atoms with Gasteiger partial charge in [0.25, 0.3) is 0 Å². The quantitative estimate of drug-likeness (QED) is 0.762. The smallest absolute Gasteiger partial charge is 0.225 e. The minimum Gasteiger partial charge on any atom is -0.394 e. The van der Waals surface area contributed by atoms with Crippen molar-refractivity contribution in [2.24, 2.45) is 0 Å². The lowest BCUT2D eigenvalue weighted by Crippen LogP contribution is -2.21. The molecule has 3 N–H and O–H groups in total. The van der Waals surface area contributed by atoms with E-state index in [1.807, 2.05) is 13.0 Å². The van der Waals surface area contributed by atoms with Gasteiger partial charge in [-0.25, -0.2) is 9.37 Å². The van der Waals surface area contributed by atoms with E-state index in [0.29, 0.717) is 23.2 Å². The lowest BCUT2D eigenvalue weighted by atomic mass is 10.2. The molecule has 0 radical (unpaired) electrons. The Kier molecular flexibility index (Phi) is 4.43. The molecule has 5 nitrogen and oxygen atoms in total. The van der Waals surface area contributed by atoms with Gasteiger partial charge in [0.1, 0.15) is 11.6 Å². The molecule has 0 aliphatic heterocycles. The zero-order chi connectivity index (χ0) is 16.4. The first-order valence-electron chi connectivity index (χ1n) is 7.84. The van der Waals surface area contributed by atoms with Gasteiger partial charge in [-0.15, -0.1) is 0 Å². The number of nitrogens with one attached hydrogen (secondary N) is 2. The van der Waals surface area contributed by atoms with Gasteiger partial charge >= 0.3 is 0 Å². The van der Waals surface area contributed by atoms with Crippen LogP contribution in [0.4, 0.5) is 21.8 Å². The van der Waals surface area contributed by atoms with Crippen molar-refractivity contribution in [3.05, 3.63) is 41.3 Å². The first kappa shape index (κ1) is 15.7. The number of aryl methyl sites for hydroxylation is 1. The summed E-state index contributed by atoms with van der Waals surface area (Å²) in [6.07, 6.45) is 2.28. The molecule has 122 valence electrons. The molecule has 6 heteroatoms. The van der Waals surface area contributed by atoms with Gasteiger partial charge < -0.3 is 15.7 Å². The number of nitrogens with zero attached hydrogens (tertiary/aromatic N) is 2. The van der Waals surface area contributed by atoms with Crippen molar-refractivity contribution in [3.63, 3.8) is 0 Å². The molecule has 1 aromatic heterocycles. The van der Waals surface area contributed by atoms with Gasteiger partial charge in [0.15, 0.2) is 0 Å². The normalized spacial score (nSPS) is 15.3. The number of rotatable bonds is 6. The number of aliphatic hydroxyl groups is 1. The fourth-order valence-electron chi connectivity index (χ4n) is 2.32. The second kappa shape index (κ2) is 6.50. The minimum atomic E-state index is -0.226. The first-order chi connectivity index (χ1) is 11.0. The molecule has 1 heterocycles. The van der Waals surface area contributed by atoms with Crippen LogP contribution in [0.25, 0.3) is 0 Å². The van der Waals surface area contributed by atoms with Crippen LogP contribution >= 0.6 is 0 Å². The lowest BCUT2D eigenvalue weighted by Gasteiger charge is -2.14. The summed E-state index contributed by atoms with van der Waals surface area (Å²) in [4.78, 5) is 8.96. The average molecular weight is 316 g/mol. The summed E-state index contributed by atoms with van der Waals surface area (Å²) >= 11 is 0. The maximum absolute atomic E-state index is 13.4. The summed E-state index contributed by atoms with van der Waals surface area (Å²) in [5.74, 6) is 1.42. The molecule has 1 saturated carbocycles. The van der Waals surface area contributed by atoms with E-state index >= 15 is 0 Å². The molecule has 0 bridgehead atoms. The van der Waals surface area contributed by atoms with Crippen molar-refractivity contribution in [1.82, 2.24) is 9.97 Å². The van der Waals surface area contributed by atoms with E-state index in [1.54, 1.807) is 19.1 Å². The van der Waals surface area contributed by atoms with Crippen LogP contribution in [0.2, 0.25) is 0 Å². The second-order valence-corrected chi connectivity index (χ2v) is 6.09. The molecule has 1 aromatic carbocycles. The third kappa shape index (κ3) is 3.96. The van der Waals surface area contributed by atoms with Crippen molar-refractivity contribution < 1.29 is 9.50 Å². The summed E-state index contributed by atoms with van der Waals surface area (Å²) in [7, 11) is 0. The van der Waals surface area contributed by atoms with E-state index in [2.05, 4.69) is 20.6 Å². The maximum Gasteiger partial charge on any atom is 0.225 e. The largest absolute Gasteiger partial charge is 0.394 e. The van der Waals surface area contributed by atoms with Crippen molar-refractivity contribution in [3.8, 4) is 0 Å². The van der Waals surface area contributed by atoms with Crippen LogP contribution in [0.5, 0.6) is 0 Å². The molecule has 0 spiro atoms. The molecule has 1 atom stereocenters. The molecule has 3 rings (SSSR count). The summed E-state index contributed by atoms with van der Waals surface area (Å²) < 4.78 is 13.4. The monoisotopic (exact) mass is 316 g/mol. The third-order valence-electron chi connectivity index (χ3n) is 3.82. The Morgan fingerprint density at radius 3 is 2.74 bits per heavy atom. The Balaban J connectivity index is 1.86. The molecule has 0 unspecified atom stereocenters. The predicted octanol–water partition coefficient (Wildman–Crippen LogP) is 3.34. The van der Waals surface area contributed by atoms with Crippen molar-refractivity contribution in [2.45, 2.75) is 38.6 Å². The average Bonchev–Trinajstić information content (AvgIpc) is 3.35. The highest BCUT2D eigenvalue weighted by Crippen LogP contribution is 2.40. The number of aliphatic hydroxyl groups excluding tert-OH is 1. The van der Waals surface area contributed by atoms with Crippen LogP contribution in [-0.2, 0) is 0 Å². The molecule has 0 amide bonds. The number of anilines is 3. The van der Waals surface area contributed by atoms with Gasteiger partial charge in [0.05, 0.1) is 12.3 Å². The zero-order valence-corrected chi connectivity index (χ0v) is 13.3. The van der Waals surface area contributed by atoms with Crippen LogP contribution in [0.1, 0.15) is 36.9 Å². The molecule has 23 heavy (non-hydrogen) atoms. The number of aromatic nitrogens is 2. The van der Waals surface area contributed by atoms with E-state index in [0.717, 1.165) is 24.2 Å². The molecule has 2 aromatic rings. The molecule has 1 fully saturated rings. The van der Waals surface area contributed by atoms with E-state index in [-0.39, 0.29) is 18.5 Å². The van der Waals surface area contributed by atoms with E-state index in [1.165, 1.54) is 6.07 Å². The van der Waals surface area contributed by atoms with Gasteiger partial charge in [-0.3, -0.25) is 0 Å². The fourth-order valence-corrected chi connectivity index (χ4v) is 2.32. The van der Waals surface area contributed by atoms with Crippen LogP contribution < -0.4 is 10.6 Å². The number of hydrogen-bond donors (Lipinski definition) is 3. The molecule has 0 saturated heterocycles. The number of benzene rings is 1. The fraction of sp³-hybridized carbons (Fsp3) is 0.412. The van der Waals surface area contributed by atoms with Crippen LogP contribution in [0, 0.1) is 12.7 Å². The van der Waals surface area contributed by atoms with Crippen molar-refractivity contribution >= 4 is 17.5 Å². The molecular weight excluding hydrogens is 295 g/mol. The SMILES string of the molecule is Cc1cc(Nc2cc(C3CC3)nc(N[C@@H](C)CO)n2)ccc1F. The summed E-state index contributed by atoms with van der Waals surface area (Å²) in [6, 6.07) is 6.69. The third-order valence-corrected chi connectivity index (χ3v) is 3.82. The highest BCUT2D eigenvalue weighted by atomic mass is 19.1. The van der Waals surface area contributed by atoms with Gasteiger partial charge in [-0.05, 0) is 50.5 Å². The van der Waals surface area contributed by atoms with E-state index in [9.17, 15) is 9.50 Å². The first-order valence-corrected chi connectivity index (χ1v) is 7.84. The van der Waals surface area contributed by atoms with Crippen LogP contribution in [0.3, 0.4) is 0 Å². The zero-order valence-electron chi connectivity index (χ0n) is 13.3. The van der Waals surface area contributed by atoms with Crippen molar-refractivity contribution in [1.29, 1.82) is 0 Å². The van der Waals surface area contributed by atoms with E-state index in [4.69, 9.17) is 0 Å². The highest BCUT2D eigenvalue weighted by molar-refractivity contribution is 5.59. The standard InChI is InChI=1S/C17H21FN4O/c1-10-7-13(5-6-14(10)18)20-16-8-15(12-3-4-12)21-17(22-16)19-11(2)9-23/h5-8,11-12,23H,3-4,9H2,1-2H3,(H2,19,20,21,22)/t11-/m0/s1. The van der Waals surface area contributed by atoms with Crippen molar-refractivity contribution in [2.75, 3.05) is 17.2 Å². The Morgan fingerprint density at radius 1 is 1.30 bits per heavy atom. The maximum atomic E-state index is 13.4. The van der Waals surface area contributed by atoms with Crippen LogP contribution in [-0.4, -0.2) is 27.7 Å². The van der Waals surface area contributed by atoms with E-state index < -0.39 is 0 Å². The minimum absolute atomic E-state index is 0.0108. The molecular formula is C17H21FN4O. The lowest BCUT2D eigenvalue weighted by molar-refractivity contribution is 0.281. The Morgan fingerprint density at radius 2 is 2.09 bits per heavy atom. The topological polar surface area (TPSA) is 70.1 Å². The Labute approximate surface area is 135 Å². The summed E-state index contributed by atoms with van der Waals surface area (Å²) in [5.41, 5.74) is 2.36. The summed E-state index contributed by atoms with van der Waals surface area (Å²) in [5, 5.41) is 15.5. The van der Waals surface area contributed by atoms with Gasteiger partial charge in [0, 0.05) is 23.7 Å². The second-order valence-electron chi connectivity index (χ2n) is 6.09. The summed E-state index contributed by atoms with van der Waals surface area (Å²) in [6.45, 7) is 3.60. The van der Waals surface area contributed by atoms with Crippen LogP contribution in [0.15, 0.2) is 24.3 Å². The molecule has 1 aliphatic carbocycles. The van der Waals surface area contributed by atoms with Gasteiger partial charge in [-0.1, -0.05) is 0 Å². The number of halogens is 1. The highest BCUT2D eigenvalue weighted by Gasteiger charge is 2.26. The van der Waals surface area contributed by atoms with Gasteiger partial charge in [-0.2, -0.15) is 4.98 Å². The Hall–Kier alpha value is -2.21. The number of hydrogen-bond acceptors (Lipinski definition) is 5. The van der Waals surface area contributed by atoms with Gasteiger partial charge in [0.2, 0.25) is 5.95 Å². The predicted molar refractivity (Wildman–Crippen MR) is 88.6 cm³/mol.